The van der Waals surface area contributed by atoms with Gasteiger partial charge in [-0.05, 0) is 95.4 Å². The van der Waals surface area contributed by atoms with E-state index in [1.165, 1.54) is 60.7 Å². The maximum atomic E-state index is 5.27. The summed E-state index contributed by atoms with van der Waals surface area (Å²) in [4.78, 5) is 10.5. The van der Waals surface area contributed by atoms with Gasteiger partial charge in [0.1, 0.15) is 0 Å². The molecule has 2 nitrogen and oxygen atoms in total. The zero-order chi connectivity index (χ0) is 39.5. The van der Waals surface area contributed by atoms with Crippen molar-refractivity contribution in [3.63, 3.8) is 0 Å². The van der Waals surface area contributed by atoms with Crippen molar-refractivity contribution in [2.24, 2.45) is 0 Å². The van der Waals surface area contributed by atoms with Crippen LogP contribution in [0.1, 0.15) is 25.0 Å². The first-order chi connectivity index (χ1) is 29.0. The Morgan fingerprint density at radius 1 is 0.322 bits per heavy atom. The van der Waals surface area contributed by atoms with Crippen molar-refractivity contribution in [2.45, 2.75) is 19.3 Å². The van der Waals surface area contributed by atoms with Crippen LogP contribution < -0.4 is 0 Å². The molecule has 9 aromatic carbocycles. The van der Waals surface area contributed by atoms with E-state index in [1.54, 1.807) is 0 Å². The van der Waals surface area contributed by atoms with Crippen molar-refractivity contribution in [3.8, 4) is 78.4 Å². The molecule has 1 heterocycles. The van der Waals surface area contributed by atoms with E-state index in [-0.39, 0.29) is 5.41 Å². The molecule has 10 aromatic rings. The highest BCUT2D eigenvalue weighted by Crippen LogP contribution is 2.52. The predicted molar refractivity (Wildman–Crippen MR) is 247 cm³/mol. The van der Waals surface area contributed by atoms with E-state index in [0.29, 0.717) is 5.82 Å². The fourth-order valence-corrected chi connectivity index (χ4v) is 9.35. The smallest absolute Gasteiger partial charge is 0.160 e. The first-order valence-electron chi connectivity index (χ1n) is 20.4. The molecule has 0 N–H and O–H groups in total. The zero-order valence-electron chi connectivity index (χ0n) is 33.0. The summed E-state index contributed by atoms with van der Waals surface area (Å²) in [5.41, 5.74) is 17.4. The average Bonchev–Trinajstić information content (AvgIpc) is 3.54. The molecule has 278 valence electrons. The monoisotopic (exact) mass is 752 g/mol. The van der Waals surface area contributed by atoms with Crippen LogP contribution in [0.25, 0.3) is 100.0 Å². The third-order valence-corrected chi connectivity index (χ3v) is 12.3. The van der Waals surface area contributed by atoms with Gasteiger partial charge < -0.3 is 0 Å². The summed E-state index contributed by atoms with van der Waals surface area (Å²) in [5, 5.41) is 4.99. The Morgan fingerprint density at radius 3 is 1.63 bits per heavy atom. The third-order valence-electron chi connectivity index (χ3n) is 12.3. The van der Waals surface area contributed by atoms with Crippen molar-refractivity contribution in [1.29, 1.82) is 0 Å². The lowest BCUT2D eigenvalue weighted by atomic mass is 9.80. The van der Waals surface area contributed by atoms with Gasteiger partial charge in [-0.1, -0.05) is 202 Å². The SMILES string of the molecule is CC1(C)c2ccc(-c3ccc(-c4cc(-c5cccc(-c6ccc(-c7ccccc7)cc6)c5)nc(-c5ccccc5)n4)c4ccccc34)cc2-c2ccc3ccccc3c21. The van der Waals surface area contributed by atoms with Crippen molar-refractivity contribution >= 4 is 21.5 Å². The van der Waals surface area contributed by atoms with Crippen molar-refractivity contribution in [2.75, 3.05) is 0 Å². The summed E-state index contributed by atoms with van der Waals surface area (Å²) in [5.74, 6) is 0.705. The number of aromatic nitrogens is 2. The molecule has 1 aromatic heterocycles. The van der Waals surface area contributed by atoms with Crippen LogP contribution >= 0.6 is 0 Å². The van der Waals surface area contributed by atoms with Gasteiger partial charge in [-0.25, -0.2) is 9.97 Å². The van der Waals surface area contributed by atoms with Crippen LogP contribution in [-0.2, 0) is 5.41 Å². The van der Waals surface area contributed by atoms with E-state index in [4.69, 9.17) is 9.97 Å². The number of fused-ring (bicyclic) bond motifs is 6. The fraction of sp³-hybridized carbons (Fsp3) is 0.0526. The number of nitrogens with zero attached hydrogens (tertiary/aromatic N) is 2. The Kier molecular flexibility index (Phi) is 8.20. The zero-order valence-corrected chi connectivity index (χ0v) is 33.0. The molecule has 0 bridgehead atoms. The van der Waals surface area contributed by atoms with E-state index in [1.807, 2.05) is 18.2 Å². The number of hydrogen-bond donors (Lipinski definition) is 0. The molecule has 0 saturated heterocycles. The Morgan fingerprint density at radius 2 is 0.864 bits per heavy atom. The average molecular weight is 753 g/mol. The molecule has 0 unspecified atom stereocenters. The molecule has 0 aliphatic heterocycles. The molecular formula is C57H40N2. The molecule has 1 aliphatic carbocycles. The number of hydrogen-bond acceptors (Lipinski definition) is 2. The maximum absolute atomic E-state index is 5.27. The van der Waals surface area contributed by atoms with Gasteiger partial charge in [0, 0.05) is 22.1 Å². The van der Waals surface area contributed by atoms with Gasteiger partial charge in [0.05, 0.1) is 11.4 Å². The third kappa shape index (κ3) is 5.96. The molecule has 2 heteroatoms. The van der Waals surface area contributed by atoms with Crippen LogP contribution in [0.2, 0.25) is 0 Å². The summed E-state index contributed by atoms with van der Waals surface area (Å²) in [6.07, 6.45) is 0. The van der Waals surface area contributed by atoms with Gasteiger partial charge in [0.15, 0.2) is 5.82 Å². The van der Waals surface area contributed by atoms with E-state index >= 15 is 0 Å². The summed E-state index contributed by atoms with van der Waals surface area (Å²) < 4.78 is 0. The summed E-state index contributed by atoms with van der Waals surface area (Å²) in [6.45, 7) is 4.74. The van der Waals surface area contributed by atoms with Crippen LogP contribution in [0.4, 0.5) is 0 Å². The minimum atomic E-state index is -0.0936. The fourth-order valence-electron chi connectivity index (χ4n) is 9.35. The van der Waals surface area contributed by atoms with Gasteiger partial charge in [-0.3, -0.25) is 0 Å². The molecule has 1 aliphatic rings. The lowest BCUT2D eigenvalue weighted by Gasteiger charge is -2.23. The van der Waals surface area contributed by atoms with E-state index in [9.17, 15) is 0 Å². The second-order valence-electron chi connectivity index (χ2n) is 16.2. The molecule has 0 fully saturated rings. The molecule has 0 spiro atoms. The van der Waals surface area contributed by atoms with E-state index in [2.05, 4.69) is 202 Å². The van der Waals surface area contributed by atoms with Crippen LogP contribution in [0, 0.1) is 0 Å². The first kappa shape index (κ1) is 34.8. The quantitative estimate of drug-likeness (QED) is 0.169. The highest BCUT2D eigenvalue weighted by atomic mass is 14.9. The standard InChI is InChI=1S/C57H40N2/c1-57(2)52-33-29-43(35-51(52)50-30-28-40-16-9-10-21-46(40)55(50)57)45-31-32-49(48-23-12-11-22-47(45)48)54-36-53(58-56(59-54)41-17-7-4-8-18-41)44-20-13-19-42(34-44)39-26-24-38(25-27-39)37-14-5-3-6-15-37/h3-36H,1-2H3. The molecule has 0 amide bonds. The van der Waals surface area contributed by atoms with Gasteiger partial charge >= 0.3 is 0 Å². The second kappa shape index (κ2) is 13.9. The van der Waals surface area contributed by atoms with E-state index < -0.39 is 0 Å². The van der Waals surface area contributed by atoms with Crippen LogP contribution in [-0.4, -0.2) is 9.97 Å². The highest BCUT2D eigenvalue weighted by molar-refractivity contribution is 6.06. The number of benzene rings is 9. The molecule has 0 radical (unpaired) electrons. The highest BCUT2D eigenvalue weighted by Gasteiger charge is 2.37. The molecular weight excluding hydrogens is 713 g/mol. The topological polar surface area (TPSA) is 25.8 Å². The van der Waals surface area contributed by atoms with Crippen LogP contribution in [0.5, 0.6) is 0 Å². The molecule has 0 saturated carbocycles. The van der Waals surface area contributed by atoms with Crippen molar-refractivity contribution in [3.05, 3.63) is 217 Å². The van der Waals surface area contributed by atoms with Gasteiger partial charge in [0.25, 0.3) is 0 Å². The first-order valence-corrected chi connectivity index (χ1v) is 20.4. The Balaban J connectivity index is 1.02. The summed E-state index contributed by atoms with van der Waals surface area (Å²) >= 11 is 0. The van der Waals surface area contributed by atoms with Crippen LogP contribution in [0.15, 0.2) is 206 Å². The Labute approximate surface area is 345 Å². The van der Waals surface area contributed by atoms with Gasteiger partial charge in [-0.2, -0.15) is 0 Å². The molecule has 59 heavy (non-hydrogen) atoms. The lowest BCUT2D eigenvalue weighted by Crippen LogP contribution is -2.15. The maximum Gasteiger partial charge on any atom is 0.160 e. The lowest BCUT2D eigenvalue weighted by molar-refractivity contribution is 0.666. The summed E-state index contributed by atoms with van der Waals surface area (Å²) in [6, 6.07) is 74.3. The van der Waals surface area contributed by atoms with Crippen molar-refractivity contribution < 1.29 is 0 Å². The van der Waals surface area contributed by atoms with Gasteiger partial charge in [-0.15, -0.1) is 0 Å². The Bertz CT molecular complexity index is 3220. The molecule has 11 rings (SSSR count). The van der Waals surface area contributed by atoms with Gasteiger partial charge in [0.2, 0.25) is 0 Å². The summed E-state index contributed by atoms with van der Waals surface area (Å²) in [7, 11) is 0. The Hall–Kier alpha value is -7.42. The second-order valence-corrected chi connectivity index (χ2v) is 16.2. The minimum Gasteiger partial charge on any atom is -0.228 e. The predicted octanol–water partition coefficient (Wildman–Crippen LogP) is 15.1. The van der Waals surface area contributed by atoms with E-state index in [0.717, 1.165) is 44.6 Å². The normalized spacial score (nSPS) is 12.7. The minimum absolute atomic E-state index is 0.0936. The van der Waals surface area contributed by atoms with Crippen molar-refractivity contribution in [1.82, 2.24) is 9.97 Å². The molecule has 0 atom stereocenters. The largest absolute Gasteiger partial charge is 0.228 e. The van der Waals surface area contributed by atoms with Crippen LogP contribution in [0.3, 0.4) is 0 Å². The number of rotatable bonds is 6.